The largest absolute Gasteiger partial charge is 0.294 e. The van der Waals surface area contributed by atoms with Gasteiger partial charge in [-0.2, -0.15) is 0 Å². The Balaban J connectivity index is 1.53. The highest BCUT2D eigenvalue weighted by Crippen LogP contribution is 2.38. The number of rotatable bonds is 6. The van der Waals surface area contributed by atoms with Gasteiger partial charge in [-0.05, 0) is 60.8 Å². The molecule has 0 aliphatic carbocycles. The van der Waals surface area contributed by atoms with Crippen LogP contribution < -0.4 is 9.62 Å². The average molecular weight is 467 g/mol. The quantitative estimate of drug-likeness (QED) is 0.322. The van der Waals surface area contributed by atoms with Gasteiger partial charge in [-0.1, -0.05) is 54.1 Å². The molecule has 1 heterocycles. The van der Waals surface area contributed by atoms with Crippen LogP contribution in [0.2, 0.25) is 0 Å². The number of aromatic nitrogens is 2. The lowest BCUT2D eigenvalue weighted by Crippen LogP contribution is -2.14. The smallest absolute Gasteiger partial charge is 0.261 e. The minimum absolute atomic E-state index is 0.223. The zero-order chi connectivity index (χ0) is 23.5. The maximum Gasteiger partial charge on any atom is 0.261 e. The van der Waals surface area contributed by atoms with Gasteiger partial charge in [0.05, 0.1) is 10.6 Å². The number of fused-ring (bicyclic) bond motifs is 1. The van der Waals surface area contributed by atoms with Gasteiger partial charge in [0.1, 0.15) is 12.1 Å². The first-order chi connectivity index (χ1) is 16.5. The highest BCUT2D eigenvalue weighted by Gasteiger charge is 2.17. The minimum atomic E-state index is -3.68. The molecule has 0 spiro atoms. The summed E-state index contributed by atoms with van der Waals surface area (Å²) in [5.41, 5.74) is 3.28. The predicted molar refractivity (Wildman–Crippen MR) is 136 cm³/mol. The van der Waals surface area contributed by atoms with E-state index in [9.17, 15) is 8.42 Å². The zero-order valence-corrected chi connectivity index (χ0v) is 19.3. The fourth-order valence-corrected chi connectivity index (χ4v) is 4.88. The highest BCUT2D eigenvalue weighted by molar-refractivity contribution is 7.92. The lowest BCUT2D eigenvalue weighted by atomic mass is 10.1. The number of sulfonamides is 1. The van der Waals surface area contributed by atoms with Crippen LogP contribution in [0.4, 0.5) is 22.9 Å². The molecule has 0 radical (unpaired) electrons. The molecule has 0 aliphatic rings. The maximum atomic E-state index is 12.8. The predicted octanol–water partition coefficient (Wildman–Crippen LogP) is 6.21. The summed E-state index contributed by atoms with van der Waals surface area (Å²) in [6.45, 7) is 1.92. The third kappa shape index (κ3) is 4.33. The van der Waals surface area contributed by atoms with Crippen molar-refractivity contribution in [2.75, 3.05) is 9.62 Å². The van der Waals surface area contributed by atoms with Gasteiger partial charge in [0, 0.05) is 23.0 Å². The van der Waals surface area contributed by atoms with E-state index in [0.29, 0.717) is 11.5 Å². The summed E-state index contributed by atoms with van der Waals surface area (Å²) in [5.74, 6) is 0.708. The van der Waals surface area contributed by atoms with Gasteiger partial charge in [0.2, 0.25) is 0 Å². The van der Waals surface area contributed by atoms with Crippen LogP contribution in [0.3, 0.4) is 0 Å². The zero-order valence-electron chi connectivity index (χ0n) is 18.5. The third-order valence-electron chi connectivity index (χ3n) is 5.51. The highest BCUT2D eigenvalue weighted by atomic mass is 32.2. The number of aryl methyl sites for hydroxylation is 1. The van der Waals surface area contributed by atoms with Crippen molar-refractivity contribution >= 4 is 43.7 Å². The second kappa shape index (κ2) is 8.96. The molecule has 0 fully saturated rings. The molecule has 34 heavy (non-hydrogen) atoms. The van der Waals surface area contributed by atoms with Crippen molar-refractivity contribution in [3.63, 3.8) is 0 Å². The summed E-state index contributed by atoms with van der Waals surface area (Å²) >= 11 is 0. The summed E-state index contributed by atoms with van der Waals surface area (Å²) in [7, 11) is -3.68. The number of anilines is 4. The van der Waals surface area contributed by atoms with Gasteiger partial charge in [0.15, 0.2) is 0 Å². The van der Waals surface area contributed by atoms with Gasteiger partial charge < -0.3 is 0 Å². The molecule has 0 saturated heterocycles. The number of benzene rings is 4. The molecule has 0 amide bonds. The van der Waals surface area contributed by atoms with Crippen LogP contribution >= 0.6 is 0 Å². The Morgan fingerprint density at radius 3 is 2.26 bits per heavy atom. The number of hydrogen-bond acceptors (Lipinski definition) is 5. The summed E-state index contributed by atoms with van der Waals surface area (Å²) in [6, 6.07) is 30.1. The molecule has 4 aromatic carbocycles. The molecule has 7 heteroatoms. The Morgan fingerprint density at radius 2 is 1.53 bits per heavy atom. The summed E-state index contributed by atoms with van der Waals surface area (Å²) in [6.07, 6.45) is 3.21. The second-order valence-electron chi connectivity index (χ2n) is 7.87. The van der Waals surface area contributed by atoms with E-state index in [4.69, 9.17) is 0 Å². The van der Waals surface area contributed by atoms with Gasteiger partial charge in [0.25, 0.3) is 10.0 Å². The van der Waals surface area contributed by atoms with E-state index >= 15 is 0 Å². The normalized spacial score (nSPS) is 11.3. The first-order valence-corrected chi connectivity index (χ1v) is 12.2. The van der Waals surface area contributed by atoms with E-state index < -0.39 is 10.0 Å². The van der Waals surface area contributed by atoms with Crippen LogP contribution in [-0.2, 0) is 10.0 Å². The van der Waals surface area contributed by atoms with E-state index in [1.165, 1.54) is 6.33 Å². The Bertz CT molecular complexity index is 1530. The van der Waals surface area contributed by atoms with Crippen LogP contribution in [0.5, 0.6) is 0 Å². The Labute approximate surface area is 198 Å². The molecule has 0 atom stereocenters. The Kier molecular flexibility index (Phi) is 5.69. The molecule has 0 aliphatic heterocycles. The van der Waals surface area contributed by atoms with Crippen LogP contribution in [0.1, 0.15) is 5.56 Å². The van der Waals surface area contributed by atoms with E-state index in [-0.39, 0.29) is 4.90 Å². The first kappa shape index (κ1) is 21.6. The lowest BCUT2D eigenvalue weighted by Gasteiger charge is -2.25. The molecular formula is C27H22N4O2S. The Morgan fingerprint density at radius 1 is 0.794 bits per heavy atom. The topological polar surface area (TPSA) is 75.2 Å². The van der Waals surface area contributed by atoms with E-state index in [2.05, 4.69) is 32.9 Å². The second-order valence-corrected chi connectivity index (χ2v) is 9.55. The van der Waals surface area contributed by atoms with Gasteiger partial charge in [-0.25, -0.2) is 18.4 Å². The van der Waals surface area contributed by atoms with Crippen molar-refractivity contribution in [2.45, 2.75) is 11.8 Å². The van der Waals surface area contributed by atoms with Crippen molar-refractivity contribution < 1.29 is 8.42 Å². The van der Waals surface area contributed by atoms with Crippen molar-refractivity contribution in [3.05, 3.63) is 115 Å². The number of hydrogen-bond donors (Lipinski definition) is 1. The first-order valence-electron chi connectivity index (χ1n) is 10.7. The molecular weight excluding hydrogens is 444 g/mol. The van der Waals surface area contributed by atoms with Crippen LogP contribution in [-0.4, -0.2) is 18.4 Å². The molecule has 0 bridgehead atoms. The lowest BCUT2D eigenvalue weighted by molar-refractivity contribution is 0.601. The monoisotopic (exact) mass is 466 g/mol. The average Bonchev–Trinajstić information content (AvgIpc) is 2.86. The molecule has 6 nitrogen and oxygen atoms in total. The molecule has 5 rings (SSSR count). The maximum absolute atomic E-state index is 12.8. The number of nitrogens with one attached hydrogen (secondary N) is 1. The molecule has 0 saturated carbocycles. The van der Waals surface area contributed by atoms with E-state index in [0.717, 1.165) is 27.7 Å². The SMILES string of the molecule is Cc1ccc(S(=O)(=O)Nc2ccc(N(c3ccncn3)c3cccc4ccccc34)cc2)cc1. The molecule has 1 aromatic heterocycles. The molecule has 1 N–H and O–H groups in total. The standard InChI is InChI=1S/C27H22N4O2S/c1-20-9-15-24(16-10-20)34(32,33)30-22-11-13-23(14-12-22)31(27-17-18-28-19-29-27)26-8-4-6-21-5-2-3-7-25(21)26/h2-19,30H,1H3. The van der Waals surface area contributed by atoms with E-state index in [1.54, 1.807) is 42.6 Å². The summed E-state index contributed by atoms with van der Waals surface area (Å²) in [4.78, 5) is 10.8. The van der Waals surface area contributed by atoms with Gasteiger partial charge >= 0.3 is 0 Å². The van der Waals surface area contributed by atoms with Gasteiger partial charge in [-0.15, -0.1) is 0 Å². The fourth-order valence-electron chi connectivity index (χ4n) is 3.82. The molecule has 168 valence electrons. The number of nitrogens with zero attached hydrogens (tertiary/aromatic N) is 3. The Hall–Kier alpha value is -4.23. The summed E-state index contributed by atoms with van der Waals surface area (Å²) < 4.78 is 28.2. The fraction of sp³-hybridized carbons (Fsp3) is 0.0370. The van der Waals surface area contributed by atoms with Crippen molar-refractivity contribution in [2.24, 2.45) is 0 Å². The van der Waals surface area contributed by atoms with Crippen molar-refractivity contribution in [3.8, 4) is 0 Å². The molecule has 5 aromatic rings. The van der Waals surface area contributed by atoms with Crippen molar-refractivity contribution in [1.82, 2.24) is 9.97 Å². The summed E-state index contributed by atoms with van der Waals surface area (Å²) in [5, 5.41) is 2.19. The van der Waals surface area contributed by atoms with Crippen molar-refractivity contribution in [1.29, 1.82) is 0 Å². The van der Waals surface area contributed by atoms with Gasteiger partial charge in [-0.3, -0.25) is 9.62 Å². The van der Waals surface area contributed by atoms with Crippen LogP contribution in [0, 0.1) is 6.92 Å². The third-order valence-corrected chi connectivity index (χ3v) is 6.91. The minimum Gasteiger partial charge on any atom is -0.294 e. The van der Waals surface area contributed by atoms with E-state index in [1.807, 2.05) is 54.3 Å². The molecule has 0 unspecified atom stereocenters. The van der Waals surface area contributed by atoms with Crippen LogP contribution in [0.25, 0.3) is 10.8 Å². The van der Waals surface area contributed by atoms with Crippen LogP contribution in [0.15, 0.2) is 114 Å².